The summed E-state index contributed by atoms with van der Waals surface area (Å²) >= 11 is 0. The van der Waals surface area contributed by atoms with Crippen LogP contribution in [0.15, 0.2) is 65.2 Å². The highest BCUT2D eigenvalue weighted by molar-refractivity contribution is 7.95. The molecule has 0 unspecified atom stereocenters. The van der Waals surface area contributed by atoms with Crippen molar-refractivity contribution in [3.05, 3.63) is 88.6 Å². The summed E-state index contributed by atoms with van der Waals surface area (Å²) in [7, 11) is -1.53. The van der Waals surface area contributed by atoms with Gasteiger partial charge in [-0.15, -0.1) is 0 Å². The molecular formula is C28H26N4O7S. The van der Waals surface area contributed by atoms with Gasteiger partial charge in [0.25, 0.3) is 11.8 Å². The van der Waals surface area contributed by atoms with Crippen LogP contribution in [0.25, 0.3) is 0 Å². The Morgan fingerprint density at radius 2 is 1.62 bits per heavy atom. The van der Waals surface area contributed by atoms with Crippen LogP contribution in [0.2, 0.25) is 0 Å². The van der Waals surface area contributed by atoms with E-state index in [1.54, 1.807) is 42.5 Å². The van der Waals surface area contributed by atoms with E-state index in [1.165, 1.54) is 6.07 Å². The quantitative estimate of drug-likeness (QED) is 0.325. The van der Waals surface area contributed by atoms with E-state index in [2.05, 4.69) is 36.0 Å². The van der Waals surface area contributed by atoms with Gasteiger partial charge in [0.05, 0.1) is 35.1 Å². The fraction of sp³-hybridized carbons (Fsp3) is 0.179. The van der Waals surface area contributed by atoms with E-state index in [0.29, 0.717) is 16.8 Å². The van der Waals surface area contributed by atoms with Crippen LogP contribution in [0.5, 0.6) is 0 Å². The number of carbonyl (C=O) groups is 4. The lowest BCUT2D eigenvalue weighted by Crippen LogP contribution is -2.26. The zero-order valence-electron chi connectivity index (χ0n) is 21.9. The molecule has 1 aromatic heterocycles. The molecule has 3 aromatic rings. The van der Waals surface area contributed by atoms with Crippen LogP contribution in [0.4, 0.5) is 11.5 Å². The second-order valence-electron chi connectivity index (χ2n) is 8.42. The van der Waals surface area contributed by atoms with E-state index in [-0.39, 0.29) is 22.9 Å². The molecule has 0 saturated carbocycles. The van der Waals surface area contributed by atoms with E-state index in [9.17, 15) is 23.4 Å². The first kappa shape index (κ1) is 29.5. The maximum Gasteiger partial charge on any atom is 0.319 e. The molecular weight excluding hydrogens is 536 g/mol. The number of amides is 2. The number of benzene rings is 2. The van der Waals surface area contributed by atoms with Crippen LogP contribution in [-0.4, -0.2) is 58.7 Å². The van der Waals surface area contributed by atoms with Gasteiger partial charge in [-0.1, -0.05) is 35.6 Å². The third-order valence-corrected chi connectivity index (χ3v) is 7.17. The summed E-state index contributed by atoms with van der Waals surface area (Å²) in [6, 6.07) is 15.3. The van der Waals surface area contributed by atoms with Gasteiger partial charge in [-0.3, -0.25) is 19.2 Å². The Bertz CT molecular complexity index is 1640. The van der Waals surface area contributed by atoms with Gasteiger partial charge in [0.2, 0.25) is 0 Å². The largest absolute Gasteiger partial charge is 0.468 e. The summed E-state index contributed by atoms with van der Waals surface area (Å²) in [5.74, 6) is 1.11. The fourth-order valence-electron chi connectivity index (χ4n) is 3.30. The lowest BCUT2D eigenvalue weighted by Gasteiger charge is -2.08. The average Bonchev–Trinajstić information content (AvgIpc) is 2.92. The number of ether oxygens (including phenoxy) is 2. The molecule has 0 radical (unpaired) electrons. The van der Waals surface area contributed by atoms with E-state index in [4.69, 9.17) is 5.73 Å². The number of rotatable bonds is 7. The molecule has 12 heteroatoms. The topological polar surface area (TPSA) is 167 Å². The highest BCUT2D eigenvalue weighted by Crippen LogP contribution is 2.15. The van der Waals surface area contributed by atoms with Crippen molar-refractivity contribution in [3.63, 3.8) is 0 Å². The van der Waals surface area contributed by atoms with Gasteiger partial charge in [0.1, 0.15) is 17.3 Å². The normalized spacial score (nSPS) is 10.5. The Hall–Kier alpha value is -5.02. The second kappa shape index (κ2) is 13.2. The second-order valence-corrected chi connectivity index (χ2v) is 10.7. The van der Waals surface area contributed by atoms with Crippen molar-refractivity contribution >= 4 is 45.0 Å². The summed E-state index contributed by atoms with van der Waals surface area (Å²) in [5, 5.41) is 2.82. The number of carbonyl (C=O) groups excluding carboxylic acids is 4. The summed E-state index contributed by atoms with van der Waals surface area (Å²) in [6.07, 6.45) is 1.12. The minimum Gasteiger partial charge on any atom is -0.468 e. The third-order valence-electron chi connectivity index (χ3n) is 5.30. The molecule has 0 spiro atoms. The number of nitrogens with one attached hydrogen (secondary N) is 1. The van der Waals surface area contributed by atoms with E-state index in [1.807, 2.05) is 13.0 Å². The van der Waals surface area contributed by atoms with Crippen molar-refractivity contribution in [2.75, 3.05) is 36.8 Å². The van der Waals surface area contributed by atoms with Crippen LogP contribution >= 0.6 is 0 Å². The zero-order chi connectivity index (χ0) is 29.3. The van der Waals surface area contributed by atoms with Crippen LogP contribution < -0.4 is 11.1 Å². The summed E-state index contributed by atoms with van der Waals surface area (Å²) in [6.45, 7) is 1.90. The number of methoxy groups -OCH3 is 2. The molecule has 3 N–H and O–H groups in total. The Kier molecular flexibility index (Phi) is 9.72. The van der Waals surface area contributed by atoms with Gasteiger partial charge in [-0.05, 0) is 43.3 Å². The molecule has 3 rings (SSSR count). The van der Waals surface area contributed by atoms with Crippen LogP contribution in [0.1, 0.15) is 37.4 Å². The predicted molar refractivity (Wildman–Crippen MR) is 149 cm³/mol. The summed E-state index contributed by atoms with van der Waals surface area (Å²) in [5.41, 5.74) is 8.55. The molecule has 11 nitrogen and oxygen atoms in total. The number of pyridine rings is 1. The van der Waals surface area contributed by atoms with Gasteiger partial charge < -0.3 is 20.5 Å². The molecule has 2 amide bonds. The number of nitrogens with two attached hydrogens (primary N) is 1. The lowest BCUT2D eigenvalue weighted by molar-refractivity contribution is -0.137. The van der Waals surface area contributed by atoms with Crippen LogP contribution in [0, 0.1) is 18.8 Å². The predicted octanol–water partition coefficient (Wildman–Crippen LogP) is 2.58. The fourth-order valence-corrected chi connectivity index (χ4v) is 4.91. The maximum absolute atomic E-state index is 13.1. The number of hydrogen-bond donors (Lipinski definition) is 2. The van der Waals surface area contributed by atoms with Gasteiger partial charge in [-0.2, -0.15) is 4.36 Å². The molecule has 0 aliphatic heterocycles. The smallest absolute Gasteiger partial charge is 0.319 e. The summed E-state index contributed by atoms with van der Waals surface area (Å²) < 4.78 is 25.7. The Morgan fingerprint density at radius 3 is 2.27 bits per heavy atom. The Morgan fingerprint density at radius 1 is 0.950 bits per heavy atom. The number of esters is 2. The average molecular weight is 563 g/mol. The van der Waals surface area contributed by atoms with Crippen molar-refractivity contribution in [1.29, 1.82) is 0 Å². The van der Waals surface area contributed by atoms with Gasteiger partial charge in [0, 0.05) is 23.0 Å². The molecule has 0 aliphatic rings. The van der Waals surface area contributed by atoms with Crippen LogP contribution in [0.3, 0.4) is 0 Å². The highest BCUT2D eigenvalue weighted by atomic mass is 32.2. The molecule has 0 saturated heterocycles. The first-order valence-corrected chi connectivity index (χ1v) is 13.5. The number of aryl methyl sites for hydroxylation is 1. The molecule has 0 fully saturated rings. The molecule has 0 aliphatic carbocycles. The molecule has 0 bridgehead atoms. The van der Waals surface area contributed by atoms with Crippen molar-refractivity contribution < 1.29 is 32.9 Å². The van der Waals surface area contributed by atoms with E-state index < -0.39 is 39.1 Å². The monoisotopic (exact) mass is 562 g/mol. The molecule has 40 heavy (non-hydrogen) atoms. The number of aromatic nitrogens is 1. The molecule has 206 valence electrons. The number of anilines is 2. The highest BCUT2D eigenvalue weighted by Gasteiger charge is 2.23. The standard InChI is InChI=1S/C28H26N4O7S/c1-18-6-4-8-21(12-18)27(35)31-23-9-5-7-19(13-23)10-11-20-14-22(15-30-26(20)29)28(36)32-40(37,16-24(33)38-2)17-25(34)39-3/h4-9,12-15H,16-17H2,1-3H3,(H2,29,30)(H,31,35). The third kappa shape index (κ3) is 8.24. The Balaban J connectivity index is 1.86. The van der Waals surface area contributed by atoms with Crippen molar-refractivity contribution in [2.45, 2.75) is 6.92 Å². The van der Waals surface area contributed by atoms with E-state index >= 15 is 0 Å². The van der Waals surface area contributed by atoms with Crippen molar-refractivity contribution in [1.82, 2.24) is 4.98 Å². The van der Waals surface area contributed by atoms with Crippen molar-refractivity contribution in [3.8, 4) is 11.8 Å². The van der Waals surface area contributed by atoms with Crippen LogP contribution in [-0.2, 0) is 28.8 Å². The van der Waals surface area contributed by atoms with Gasteiger partial charge in [0.15, 0.2) is 0 Å². The first-order chi connectivity index (χ1) is 19.0. The SMILES string of the molecule is COC(=O)CS(=O)(CC(=O)OC)=NC(=O)c1cnc(N)c(C#Cc2cccc(NC(=O)c3cccc(C)c3)c2)c1. The summed E-state index contributed by atoms with van der Waals surface area (Å²) in [4.78, 5) is 52.7. The minimum absolute atomic E-state index is 0.0257. The van der Waals surface area contributed by atoms with Gasteiger partial charge in [-0.25, -0.2) is 9.19 Å². The van der Waals surface area contributed by atoms with Crippen molar-refractivity contribution in [2.24, 2.45) is 4.36 Å². The number of hydrogen-bond acceptors (Lipinski definition) is 9. The minimum atomic E-state index is -3.68. The number of nitrogens with zero attached hydrogens (tertiary/aromatic N) is 2. The first-order valence-electron chi connectivity index (χ1n) is 11.7. The van der Waals surface area contributed by atoms with Gasteiger partial charge >= 0.3 is 11.9 Å². The van der Waals surface area contributed by atoms with E-state index in [0.717, 1.165) is 26.0 Å². The maximum atomic E-state index is 13.1. The zero-order valence-corrected chi connectivity index (χ0v) is 22.7. The Labute approximate surface area is 231 Å². The number of nitrogen functional groups attached to an aromatic ring is 1. The molecule has 2 aromatic carbocycles. The molecule has 0 atom stereocenters. The molecule has 1 heterocycles. The lowest BCUT2D eigenvalue weighted by atomic mass is 10.1.